The zero-order chi connectivity index (χ0) is 15.8. The molecule has 0 aliphatic heterocycles. The lowest BCUT2D eigenvalue weighted by atomic mass is 9.94. The van der Waals surface area contributed by atoms with E-state index < -0.39 is 0 Å². The molecule has 1 aliphatic rings. The summed E-state index contributed by atoms with van der Waals surface area (Å²) in [7, 11) is 0. The van der Waals surface area contributed by atoms with E-state index in [9.17, 15) is 4.79 Å². The van der Waals surface area contributed by atoms with Gasteiger partial charge in [-0.05, 0) is 37.5 Å². The monoisotopic (exact) mass is 322 g/mol. The Balaban J connectivity index is 1.79. The molecule has 1 amide bonds. The molecule has 0 saturated heterocycles. The molecule has 1 fully saturated rings. The highest BCUT2D eigenvalue weighted by Gasteiger charge is 2.24. The van der Waals surface area contributed by atoms with Gasteiger partial charge in [0.15, 0.2) is 6.61 Å². The van der Waals surface area contributed by atoms with Crippen molar-refractivity contribution in [2.24, 2.45) is 5.16 Å². The van der Waals surface area contributed by atoms with Crippen LogP contribution in [0.1, 0.15) is 44.6 Å². The summed E-state index contributed by atoms with van der Waals surface area (Å²) in [5.41, 5.74) is 0.886. The van der Waals surface area contributed by atoms with Gasteiger partial charge < -0.3 is 9.74 Å². The number of carbonyl (C=O) groups is 1. The second-order valence-corrected chi connectivity index (χ2v) is 5.97. The summed E-state index contributed by atoms with van der Waals surface area (Å²) in [5, 5.41) is 4.54. The van der Waals surface area contributed by atoms with E-state index >= 15 is 0 Å². The van der Waals surface area contributed by atoms with Gasteiger partial charge in [-0.25, -0.2) is 0 Å². The third-order valence-electron chi connectivity index (χ3n) is 4.01. The van der Waals surface area contributed by atoms with Gasteiger partial charge in [-0.15, -0.1) is 0 Å². The molecule has 1 aromatic carbocycles. The van der Waals surface area contributed by atoms with Crippen LogP contribution in [0.4, 0.5) is 0 Å². The van der Waals surface area contributed by atoms with E-state index in [1.807, 2.05) is 24.0 Å². The van der Waals surface area contributed by atoms with Crippen LogP contribution in [-0.4, -0.2) is 36.2 Å². The maximum absolute atomic E-state index is 12.2. The van der Waals surface area contributed by atoms with Gasteiger partial charge in [0, 0.05) is 17.6 Å². The van der Waals surface area contributed by atoms with Crippen LogP contribution < -0.4 is 0 Å². The molecular formula is C17H23ClN2O2. The van der Waals surface area contributed by atoms with Crippen molar-refractivity contribution in [3.63, 3.8) is 0 Å². The highest BCUT2D eigenvalue weighted by molar-refractivity contribution is 6.30. The van der Waals surface area contributed by atoms with Gasteiger partial charge in [0.05, 0.1) is 6.21 Å². The van der Waals surface area contributed by atoms with Crippen molar-refractivity contribution < 1.29 is 9.63 Å². The number of hydrogen-bond donors (Lipinski definition) is 0. The number of likely N-dealkylation sites (N-methyl/N-ethyl adjacent to an activating group) is 1. The summed E-state index contributed by atoms with van der Waals surface area (Å²) < 4.78 is 0. The van der Waals surface area contributed by atoms with Crippen molar-refractivity contribution in [1.82, 2.24) is 4.90 Å². The molecule has 1 saturated carbocycles. The van der Waals surface area contributed by atoms with E-state index in [1.165, 1.54) is 19.3 Å². The maximum Gasteiger partial charge on any atom is 0.263 e. The van der Waals surface area contributed by atoms with Crippen LogP contribution in [0.2, 0.25) is 5.02 Å². The Labute approximate surface area is 137 Å². The van der Waals surface area contributed by atoms with Gasteiger partial charge >= 0.3 is 0 Å². The third-order valence-corrected chi connectivity index (χ3v) is 4.26. The van der Waals surface area contributed by atoms with Crippen LogP contribution >= 0.6 is 11.6 Å². The minimum Gasteiger partial charge on any atom is -0.386 e. The number of nitrogens with zero attached hydrogens (tertiary/aromatic N) is 2. The first-order valence-electron chi connectivity index (χ1n) is 7.91. The highest BCUT2D eigenvalue weighted by atomic mass is 35.5. The third kappa shape index (κ3) is 5.02. The number of halogens is 1. The van der Waals surface area contributed by atoms with E-state index in [4.69, 9.17) is 16.4 Å². The number of benzene rings is 1. The molecule has 0 bridgehead atoms. The van der Waals surface area contributed by atoms with Crippen LogP contribution in [0, 0.1) is 0 Å². The van der Waals surface area contributed by atoms with Gasteiger partial charge in [-0.2, -0.15) is 0 Å². The summed E-state index contributed by atoms with van der Waals surface area (Å²) in [6.07, 6.45) is 7.50. The fourth-order valence-electron chi connectivity index (χ4n) is 2.85. The molecule has 1 aromatic rings. The van der Waals surface area contributed by atoms with Gasteiger partial charge in [-0.1, -0.05) is 48.2 Å². The molecule has 22 heavy (non-hydrogen) atoms. The molecule has 1 aliphatic carbocycles. The van der Waals surface area contributed by atoms with Crippen molar-refractivity contribution in [3.8, 4) is 0 Å². The van der Waals surface area contributed by atoms with Crippen molar-refractivity contribution in [2.75, 3.05) is 13.2 Å². The number of rotatable bonds is 6. The summed E-state index contributed by atoms with van der Waals surface area (Å²) in [6.45, 7) is 2.74. The number of amides is 1. The first-order valence-corrected chi connectivity index (χ1v) is 8.29. The van der Waals surface area contributed by atoms with Crippen molar-refractivity contribution >= 4 is 23.7 Å². The lowest BCUT2D eigenvalue weighted by Crippen LogP contribution is -2.42. The molecule has 2 rings (SSSR count). The Bertz CT molecular complexity index is 496. The molecule has 0 atom stereocenters. The topological polar surface area (TPSA) is 41.9 Å². The number of oxime groups is 1. The zero-order valence-corrected chi connectivity index (χ0v) is 13.8. The normalized spacial score (nSPS) is 15.9. The molecule has 4 nitrogen and oxygen atoms in total. The second kappa shape index (κ2) is 8.79. The number of carbonyl (C=O) groups excluding carboxylic acids is 1. The van der Waals surface area contributed by atoms with Crippen LogP contribution in [0.25, 0.3) is 0 Å². The predicted octanol–water partition coefficient (Wildman–Crippen LogP) is 3.87. The molecule has 0 unspecified atom stereocenters. The van der Waals surface area contributed by atoms with E-state index in [1.54, 1.807) is 18.3 Å². The average Bonchev–Trinajstić information content (AvgIpc) is 2.55. The first kappa shape index (κ1) is 16.8. The molecule has 0 aromatic heterocycles. The summed E-state index contributed by atoms with van der Waals surface area (Å²) in [6, 6.07) is 7.64. The summed E-state index contributed by atoms with van der Waals surface area (Å²) >= 11 is 5.81. The lowest BCUT2D eigenvalue weighted by molar-refractivity contribution is -0.138. The Kier molecular flexibility index (Phi) is 6.72. The van der Waals surface area contributed by atoms with E-state index in [2.05, 4.69) is 5.16 Å². The Morgan fingerprint density at radius 3 is 2.64 bits per heavy atom. The molecule has 0 spiro atoms. The van der Waals surface area contributed by atoms with E-state index in [0.717, 1.165) is 24.9 Å². The van der Waals surface area contributed by atoms with Crippen LogP contribution in [-0.2, 0) is 9.63 Å². The fraction of sp³-hybridized carbons (Fsp3) is 0.529. The zero-order valence-electron chi connectivity index (χ0n) is 13.0. The van der Waals surface area contributed by atoms with Gasteiger partial charge in [0.1, 0.15) is 0 Å². The van der Waals surface area contributed by atoms with Gasteiger partial charge in [0.25, 0.3) is 5.91 Å². The first-order chi connectivity index (χ1) is 10.7. The molecule has 0 heterocycles. The Morgan fingerprint density at radius 1 is 1.32 bits per heavy atom. The lowest BCUT2D eigenvalue weighted by Gasteiger charge is -2.33. The maximum atomic E-state index is 12.2. The minimum atomic E-state index is -0.00553. The summed E-state index contributed by atoms with van der Waals surface area (Å²) in [5.74, 6) is 0.0163. The highest BCUT2D eigenvalue weighted by Crippen LogP contribution is 2.22. The number of hydrogen-bond acceptors (Lipinski definition) is 3. The minimum absolute atomic E-state index is 0.00553. The van der Waals surface area contributed by atoms with E-state index in [0.29, 0.717) is 11.1 Å². The quantitative estimate of drug-likeness (QED) is 0.589. The van der Waals surface area contributed by atoms with Gasteiger partial charge in [0.2, 0.25) is 0 Å². The fourth-order valence-corrected chi connectivity index (χ4v) is 2.98. The molecular weight excluding hydrogens is 300 g/mol. The van der Waals surface area contributed by atoms with Gasteiger partial charge in [-0.3, -0.25) is 4.79 Å². The second-order valence-electron chi connectivity index (χ2n) is 5.53. The Hall–Kier alpha value is -1.55. The van der Waals surface area contributed by atoms with Crippen LogP contribution in [0.5, 0.6) is 0 Å². The summed E-state index contributed by atoms with van der Waals surface area (Å²) in [4.78, 5) is 19.3. The molecule has 5 heteroatoms. The molecule has 120 valence electrons. The average molecular weight is 323 g/mol. The van der Waals surface area contributed by atoms with Crippen molar-refractivity contribution in [1.29, 1.82) is 0 Å². The van der Waals surface area contributed by atoms with Crippen molar-refractivity contribution in [2.45, 2.75) is 45.1 Å². The van der Waals surface area contributed by atoms with E-state index in [-0.39, 0.29) is 12.5 Å². The SMILES string of the molecule is CCN(C(=O)CO/N=C/c1ccc(Cl)cc1)C1CCCCC1. The smallest absolute Gasteiger partial charge is 0.263 e. The van der Waals surface area contributed by atoms with Crippen molar-refractivity contribution in [3.05, 3.63) is 34.9 Å². The predicted molar refractivity (Wildman–Crippen MR) is 89.3 cm³/mol. The Morgan fingerprint density at radius 2 is 2.00 bits per heavy atom. The molecule has 0 N–H and O–H groups in total. The van der Waals surface area contributed by atoms with Crippen LogP contribution in [0.15, 0.2) is 29.4 Å². The van der Waals surface area contributed by atoms with Crippen LogP contribution in [0.3, 0.4) is 0 Å². The standard InChI is InChI=1S/C17H23ClN2O2/c1-2-20(16-6-4-3-5-7-16)17(21)13-22-19-12-14-8-10-15(18)11-9-14/h8-12,16H,2-7,13H2,1H3/b19-12+. The largest absolute Gasteiger partial charge is 0.386 e. The molecule has 0 radical (unpaired) electrons.